The number of anilines is 2. The number of rotatable bonds is 6. The van der Waals surface area contributed by atoms with Gasteiger partial charge in [-0.1, -0.05) is 30.3 Å². The molecule has 1 aliphatic rings. The van der Waals surface area contributed by atoms with E-state index in [0.717, 1.165) is 36.1 Å². The summed E-state index contributed by atoms with van der Waals surface area (Å²) >= 11 is 0. The van der Waals surface area contributed by atoms with Gasteiger partial charge in [-0.05, 0) is 26.7 Å². The van der Waals surface area contributed by atoms with Crippen molar-refractivity contribution in [2.24, 2.45) is 0 Å². The Bertz CT molecular complexity index is 589. The first-order valence-electron chi connectivity index (χ1n) is 7.76. The molecule has 0 amide bonds. The third kappa shape index (κ3) is 3.32. The summed E-state index contributed by atoms with van der Waals surface area (Å²) in [6, 6.07) is 12.8. The summed E-state index contributed by atoms with van der Waals surface area (Å²) in [6.07, 6.45) is 2.48. The normalized spacial score (nSPS) is 14.0. The third-order valence-corrected chi connectivity index (χ3v) is 3.76. The Balaban J connectivity index is 1.99. The first-order chi connectivity index (χ1) is 10.3. The van der Waals surface area contributed by atoms with Crippen LogP contribution in [0.5, 0.6) is 0 Å². The highest BCUT2D eigenvalue weighted by molar-refractivity contribution is 5.62. The Morgan fingerprint density at radius 1 is 1.10 bits per heavy atom. The van der Waals surface area contributed by atoms with Crippen LogP contribution in [0.15, 0.2) is 36.4 Å². The predicted molar refractivity (Wildman–Crippen MR) is 87.7 cm³/mol. The van der Waals surface area contributed by atoms with Crippen molar-refractivity contribution in [1.82, 2.24) is 9.97 Å². The van der Waals surface area contributed by atoms with E-state index in [2.05, 4.69) is 47.2 Å². The highest BCUT2D eigenvalue weighted by Crippen LogP contribution is 2.27. The van der Waals surface area contributed by atoms with Crippen molar-refractivity contribution < 1.29 is 0 Å². The number of hydrogen-bond donors (Lipinski definition) is 1. The molecular formula is C17H22N4. The zero-order valence-electron chi connectivity index (χ0n) is 12.7. The summed E-state index contributed by atoms with van der Waals surface area (Å²) in [5.74, 6) is 2.73. The van der Waals surface area contributed by atoms with Crippen molar-refractivity contribution in [3.8, 4) is 11.4 Å². The summed E-state index contributed by atoms with van der Waals surface area (Å²) in [7, 11) is 0. The minimum Gasteiger partial charge on any atom is -0.367 e. The molecule has 0 radical (unpaired) electrons. The molecular weight excluding hydrogens is 260 g/mol. The fourth-order valence-electron chi connectivity index (χ4n) is 2.37. The van der Waals surface area contributed by atoms with Gasteiger partial charge in [0.15, 0.2) is 5.82 Å². The van der Waals surface area contributed by atoms with Gasteiger partial charge in [-0.15, -0.1) is 0 Å². The van der Waals surface area contributed by atoms with Crippen molar-refractivity contribution in [1.29, 1.82) is 0 Å². The van der Waals surface area contributed by atoms with Crippen LogP contribution in [-0.2, 0) is 0 Å². The molecule has 1 aromatic carbocycles. The van der Waals surface area contributed by atoms with Crippen LogP contribution in [0.4, 0.5) is 11.6 Å². The average molecular weight is 282 g/mol. The summed E-state index contributed by atoms with van der Waals surface area (Å²) in [5, 5.41) is 3.49. The van der Waals surface area contributed by atoms with E-state index in [1.165, 1.54) is 12.8 Å². The first kappa shape index (κ1) is 13.9. The second kappa shape index (κ2) is 6.12. The Morgan fingerprint density at radius 2 is 1.81 bits per heavy atom. The number of benzene rings is 1. The molecule has 1 fully saturated rings. The molecule has 0 bridgehead atoms. The molecule has 0 unspecified atom stereocenters. The zero-order chi connectivity index (χ0) is 14.7. The van der Waals surface area contributed by atoms with E-state index in [1.54, 1.807) is 0 Å². The lowest BCUT2D eigenvalue weighted by molar-refractivity contribution is 0.842. The van der Waals surface area contributed by atoms with Crippen LogP contribution in [0.3, 0.4) is 0 Å². The summed E-state index contributed by atoms with van der Waals surface area (Å²) < 4.78 is 0. The third-order valence-electron chi connectivity index (χ3n) is 3.76. The van der Waals surface area contributed by atoms with E-state index >= 15 is 0 Å². The number of aromatic nitrogens is 2. The maximum atomic E-state index is 4.75. The topological polar surface area (TPSA) is 41.0 Å². The minimum atomic E-state index is 0.591. The fraction of sp³-hybridized carbons (Fsp3) is 0.412. The summed E-state index contributed by atoms with van der Waals surface area (Å²) in [4.78, 5) is 11.7. The van der Waals surface area contributed by atoms with Gasteiger partial charge in [0, 0.05) is 30.8 Å². The van der Waals surface area contributed by atoms with Crippen LogP contribution in [0.1, 0.15) is 26.7 Å². The van der Waals surface area contributed by atoms with Crippen LogP contribution >= 0.6 is 0 Å². The van der Waals surface area contributed by atoms with Crippen molar-refractivity contribution in [2.45, 2.75) is 32.7 Å². The Kier molecular flexibility index (Phi) is 4.04. The van der Waals surface area contributed by atoms with Gasteiger partial charge in [-0.25, -0.2) is 9.97 Å². The zero-order valence-corrected chi connectivity index (χ0v) is 12.7. The second-order valence-corrected chi connectivity index (χ2v) is 5.39. The molecule has 0 saturated heterocycles. The second-order valence-electron chi connectivity index (χ2n) is 5.39. The molecule has 4 heteroatoms. The van der Waals surface area contributed by atoms with Gasteiger partial charge in [0.05, 0.1) is 0 Å². The van der Waals surface area contributed by atoms with Gasteiger partial charge < -0.3 is 10.2 Å². The molecule has 0 atom stereocenters. The quantitative estimate of drug-likeness (QED) is 0.879. The minimum absolute atomic E-state index is 0.591. The van der Waals surface area contributed by atoms with E-state index < -0.39 is 0 Å². The van der Waals surface area contributed by atoms with Crippen molar-refractivity contribution in [3.63, 3.8) is 0 Å². The smallest absolute Gasteiger partial charge is 0.163 e. The molecule has 1 saturated carbocycles. The lowest BCUT2D eigenvalue weighted by atomic mass is 10.2. The molecule has 3 rings (SSSR count). The lowest BCUT2D eigenvalue weighted by Gasteiger charge is -2.21. The Morgan fingerprint density at radius 3 is 2.43 bits per heavy atom. The first-order valence-corrected chi connectivity index (χ1v) is 7.76. The maximum Gasteiger partial charge on any atom is 0.163 e. The molecule has 1 heterocycles. The van der Waals surface area contributed by atoms with Crippen LogP contribution in [-0.4, -0.2) is 29.1 Å². The van der Waals surface area contributed by atoms with Gasteiger partial charge in [0.1, 0.15) is 11.6 Å². The standard InChI is InChI=1S/C17H22N4/c1-3-21(4-2)16-12-15(18-14-10-11-14)19-17(20-16)13-8-6-5-7-9-13/h5-9,12,14H,3-4,10-11H2,1-2H3,(H,18,19,20). The molecule has 1 N–H and O–H groups in total. The highest BCUT2D eigenvalue weighted by Gasteiger charge is 2.22. The molecule has 0 aliphatic heterocycles. The van der Waals surface area contributed by atoms with E-state index in [1.807, 2.05) is 18.2 Å². The number of nitrogens with one attached hydrogen (secondary N) is 1. The molecule has 110 valence electrons. The van der Waals surface area contributed by atoms with Gasteiger partial charge >= 0.3 is 0 Å². The van der Waals surface area contributed by atoms with Gasteiger partial charge in [0.25, 0.3) is 0 Å². The Labute approximate surface area is 126 Å². The largest absolute Gasteiger partial charge is 0.367 e. The number of hydrogen-bond acceptors (Lipinski definition) is 4. The molecule has 1 aliphatic carbocycles. The highest BCUT2D eigenvalue weighted by atomic mass is 15.2. The fourth-order valence-corrected chi connectivity index (χ4v) is 2.37. The van der Waals surface area contributed by atoms with Crippen LogP contribution in [0.25, 0.3) is 11.4 Å². The Hall–Kier alpha value is -2.10. The van der Waals surface area contributed by atoms with Crippen molar-refractivity contribution in [3.05, 3.63) is 36.4 Å². The molecule has 1 aromatic heterocycles. The van der Waals surface area contributed by atoms with Crippen molar-refractivity contribution >= 4 is 11.6 Å². The van der Waals surface area contributed by atoms with Gasteiger partial charge in [-0.3, -0.25) is 0 Å². The van der Waals surface area contributed by atoms with E-state index in [0.29, 0.717) is 6.04 Å². The van der Waals surface area contributed by atoms with Crippen LogP contribution in [0, 0.1) is 0 Å². The van der Waals surface area contributed by atoms with E-state index in [-0.39, 0.29) is 0 Å². The van der Waals surface area contributed by atoms with E-state index in [4.69, 9.17) is 4.98 Å². The molecule has 0 spiro atoms. The van der Waals surface area contributed by atoms with Gasteiger partial charge in [0.2, 0.25) is 0 Å². The summed E-state index contributed by atoms with van der Waals surface area (Å²) in [5.41, 5.74) is 1.06. The summed E-state index contributed by atoms with van der Waals surface area (Å²) in [6.45, 7) is 6.21. The molecule has 21 heavy (non-hydrogen) atoms. The predicted octanol–water partition coefficient (Wildman–Crippen LogP) is 3.56. The number of nitrogens with zero attached hydrogens (tertiary/aromatic N) is 3. The van der Waals surface area contributed by atoms with Crippen LogP contribution in [0.2, 0.25) is 0 Å². The van der Waals surface area contributed by atoms with Crippen molar-refractivity contribution in [2.75, 3.05) is 23.3 Å². The SMILES string of the molecule is CCN(CC)c1cc(NC2CC2)nc(-c2ccccc2)n1. The molecule has 2 aromatic rings. The lowest BCUT2D eigenvalue weighted by Crippen LogP contribution is -2.23. The van der Waals surface area contributed by atoms with Crippen LogP contribution < -0.4 is 10.2 Å². The maximum absolute atomic E-state index is 4.75. The molecule has 4 nitrogen and oxygen atoms in total. The average Bonchev–Trinajstić information content (AvgIpc) is 3.33. The van der Waals surface area contributed by atoms with E-state index in [9.17, 15) is 0 Å². The monoisotopic (exact) mass is 282 g/mol. The van der Waals surface area contributed by atoms with Gasteiger partial charge in [-0.2, -0.15) is 0 Å².